The van der Waals surface area contributed by atoms with Crippen LogP contribution in [0.1, 0.15) is 0 Å². The Labute approximate surface area is 83.5 Å². The molecule has 1 rings (SSSR count). The molecule has 0 atom stereocenters. The van der Waals surface area contributed by atoms with Crippen molar-refractivity contribution >= 4 is 17.7 Å². The van der Waals surface area contributed by atoms with Gasteiger partial charge in [0, 0.05) is 18.8 Å². The summed E-state index contributed by atoms with van der Waals surface area (Å²) in [5, 5.41) is 0. The average Bonchev–Trinajstić information content (AvgIpc) is 2.19. The first-order chi connectivity index (χ1) is 6.34. The lowest BCUT2D eigenvalue weighted by Gasteiger charge is -2.27. The molecule has 0 bridgehead atoms. The highest BCUT2D eigenvalue weighted by molar-refractivity contribution is 7.98. The van der Waals surface area contributed by atoms with E-state index in [-0.39, 0.29) is 0 Å². The molecule has 1 aliphatic rings. The van der Waals surface area contributed by atoms with E-state index in [9.17, 15) is 0 Å². The van der Waals surface area contributed by atoms with Gasteiger partial charge in [0.15, 0.2) is 5.96 Å². The summed E-state index contributed by atoms with van der Waals surface area (Å²) in [6.07, 6.45) is 2.07. The zero-order valence-corrected chi connectivity index (χ0v) is 8.85. The van der Waals surface area contributed by atoms with Gasteiger partial charge in [-0.05, 0) is 6.26 Å². The van der Waals surface area contributed by atoms with Crippen molar-refractivity contribution in [1.82, 2.24) is 4.90 Å². The number of aliphatic imine (C=N–C) groups is 1. The van der Waals surface area contributed by atoms with Gasteiger partial charge in [-0.2, -0.15) is 11.8 Å². The topological polar surface area (TPSA) is 50.8 Å². The van der Waals surface area contributed by atoms with Crippen LogP contribution in [0, 0.1) is 0 Å². The van der Waals surface area contributed by atoms with E-state index in [0.717, 1.165) is 38.6 Å². The first-order valence-electron chi connectivity index (χ1n) is 4.46. The summed E-state index contributed by atoms with van der Waals surface area (Å²) in [5.41, 5.74) is 5.80. The molecule has 13 heavy (non-hydrogen) atoms. The van der Waals surface area contributed by atoms with Gasteiger partial charge in [-0.3, -0.25) is 4.99 Å². The Kier molecular flexibility index (Phi) is 5.00. The Morgan fingerprint density at radius 2 is 2.23 bits per heavy atom. The van der Waals surface area contributed by atoms with Gasteiger partial charge in [-0.25, -0.2) is 0 Å². The van der Waals surface area contributed by atoms with Gasteiger partial charge in [0.2, 0.25) is 0 Å². The van der Waals surface area contributed by atoms with E-state index in [1.807, 2.05) is 0 Å². The van der Waals surface area contributed by atoms with Crippen molar-refractivity contribution in [3.05, 3.63) is 0 Å². The van der Waals surface area contributed by atoms with Crippen LogP contribution >= 0.6 is 11.8 Å². The van der Waals surface area contributed by atoms with E-state index < -0.39 is 0 Å². The summed E-state index contributed by atoms with van der Waals surface area (Å²) in [5.74, 6) is 1.70. The van der Waals surface area contributed by atoms with Crippen molar-refractivity contribution in [2.24, 2.45) is 10.7 Å². The maximum atomic E-state index is 5.80. The quantitative estimate of drug-likeness (QED) is 0.398. The van der Waals surface area contributed by atoms with Gasteiger partial charge in [0.05, 0.1) is 19.8 Å². The second-order valence-corrected chi connectivity index (χ2v) is 3.82. The van der Waals surface area contributed by atoms with Crippen LogP contribution in [0.3, 0.4) is 0 Å². The fraction of sp³-hybridized carbons (Fsp3) is 0.875. The molecule has 0 aromatic carbocycles. The van der Waals surface area contributed by atoms with Crippen molar-refractivity contribution < 1.29 is 4.74 Å². The number of nitrogens with zero attached hydrogens (tertiary/aromatic N) is 2. The number of guanidine groups is 1. The van der Waals surface area contributed by atoms with Gasteiger partial charge in [0.1, 0.15) is 0 Å². The number of morpholine rings is 1. The maximum Gasteiger partial charge on any atom is 0.191 e. The molecule has 0 unspecified atom stereocenters. The number of hydrogen-bond donors (Lipinski definition) is 1. The lowest BCUT2D eigenvalue weighted by Crippen LogP contribution is -2.44. The largest absolute Gasteiger partial charge is 0.378 e. The molecule has 4 nitrogen and oxygen atoms in total. The van der Waals surface area contributed by atoms with Crippen molar-refractivity contribution in [3.8, 4) is 0 Å². The third-order valence-corrected chi connectivity index (χ3v) is 2.50. The molecule has 1 fully saturated rings. The number of rotatable bonds is 3. The van der Waals surface area contributed by atoms with Crippen LogP contribution in [0.2, 0.25) is 0 Å². The first kappa shape index (κ1) is 10.7. The fourth-order valence-corrected chi connectivity index (χ4v) is 1.42. The summed E-state index contributed by atoms with van der Waals surface area (Å²) in [6.45, 7) is 4.07. The number of ether oxygens (including phenoxy) is 1. The highest BCUT2D eigenvalue weighted by Crippen LogP contribution is 1.97. The van der Waals surface area contributed by atoms with Gasteiger partial charge in [0.25, 0.3) is 0 Å². The van der Waals surface area contributed by atoms with E-state index in [0.29, 0.717) is 5.96 Å². The van der Waals surface area contributed by atoms with E-state index in [4.69, 9.17) is 10.5 Å². The van der Waals surface area contributed by atoms with E-state index in [1.165, 1.54) is 0 Å². The monoisotopic (exact) mass is 203 g/mol. The van der Waals surface area contributed by atoms with Crippen LogP contribution < -0.4 is 5.73 Å². The van der Waals surface area contributed by atoms with Crippen LogP contribution in [-0.4, -0.2) is 55.7 Å². The van der Waals surface area contributed by atoms with Crippen LogP contribution in [-0.2, 0) is 4.74 Å². The third kappa shape index (κ3) is 3.87. The van der Waals surface area contributed by atoms with Crippen molar-refractivity contribution in [1.29, 1.82) is 0 Å². The molecule has 2 N–H and O–H groups in total. The van der Waals surface area contributed by atoms with Crippen LogP contribution in [0.15, 0.2) is 4.99 Å². The minimum atomic E-state index is 0.664. The van der Waals surface area contributed by atoms with E-state index >= 15 is 0 Å². The molecule has 1 heterocycles. The number of nitrogens with two attached hydrogens (primary N) is 1. The van der Waals surface area contributed by atoms with Crippen LogP contribution in [0.25, 0.3) is 0 Å². The fourth-order valence-electron chi connectivity index (χ4n) is 1.14. The number of hydrogen-bond acceptors (Lipinski definition) is 3. The van der Waals surface area contributed by atoms with E-state index in [2.05, 4.69) is 16.1 Å². The molecule has 1 aliphatic heterocycles. The standard InChI is InChI=1S/C8H17N3OS/c1-13-7-2-10-8(9)11-3-5-12-6-4-11/h2-7H2,1H3,(H2,9,10). The molecule has 0 aromatic rings. The Balaban J connectivity index is 2.27. The average molecular weight is 203 g/mol. The summed E-state index contributed by atoms with van der Waals surface area (Å²) in [6, 6.07) is 0. The summed E-state index contributed by atoms with van der Waals surface area (Å²) >= 11 is 1.78. The predicted molar refractivity (Wildman–Crippen MR) is 57.3 cm³/mol. The maximum absolute atomic E-state index is 5.80. The van der Waals surface area contributed by atoms with Crippen LogP contribution in [0.4, 0.5) is 0 Å². The van der Waals surface area contributed by atoms with Crippen LogP contribution in [0.5, 0.6) is 0 Å². The third-order valence-electron chi connectivity index (χ3n) is 1.90. The first-order valence-corrected chi connectivity index (χ1v) is 5.85. The SMILES string of the molecule is CSCCN=C(N)N1CCOCC1. The van der Waals surface area contributed by atoms with Gasteiger partial charge < -0.3 is 15.4 Å². The van der Waals surface area contributed by atoms with Gasteiger partial charge in [-0.1, -0.05) is 0 Å². The summed E-state index contributed by atoms with van der Waals surface area (Å²) in [4.78, 5) is 6.35. The molecule has 5 heteroatoms. The van der Waals surface area contributed by atoms with E-state index in [1.54, 1.807) is 11.8 Å². The van der Waals surface area contributed by atoms with Crippen molar-refractivity contribution in [3.63, 3.8) is 0 Å². The zero-order valence-electron chi connectivity index (χ0n) is 8.03. The zero-order chi connectivity index (χ0) is 9.52. The second-order valence-electron chi connectivity index (χ2n) is 2.83. The Hall–Kier alpha value is -0.420. The molecule has 0 aliphatic carbocycles. The Morgan fingerprint density at radius 1 is 1.54 bits per heavy atom. The molecule has 0 spiro atoms. The molecular weight excluding hydrogens is 186 g/mol. The van der Waals surface area contributed by atoms with Crippen molar-refractivity contribution in [2.75, 3.05) is 44.9 Å². The molecular formula is C8H17N3OS. The minimum Gasteiger partial charge on any atom is -0.378 e. The molecule has 76 valence electrons. The Bertz CT molecular complexity index is 169. The predicted octanol–water partition coefficient (Wildman–Crippen LogP) is -0.00370. The molecule has 0 aromatic heterocycles. The second kappa shape index (κ2) is 6.10. The molecule has 0 saturated carbocycles. The van der Waals surface area contributed by atoms with Gasteiger partial charge in [-0.15, -0.1) is 0 Å². The highest BCUT2D eigenvalue weighted by atomic mass is 32.2. The normalized spacial score (nSPS) is 19.2. The minimum absolute atomic E-state index is 0.664. The summed E-state index contributed by atoms with van der Waals surface area (Å²) < 4.78 is 5.22. The summed E-state index contributed by atoms with van der Waals surface area (Å²) in [7, 11) is 0. The molecule has 1 saturated heterocycles. The van der Waals surface area contributed by atoms with Crippen molar-refractivity contribution in [2.45, 2.75) is 0 Å². The molecule has 0 amide bonds. The smallest absolute Gasteiger partial charge is 0.191 e. The Morgan fingerprint density at radius 3 is 2.85 bits per heavy atom. The van der Waals surface area contributed by atoms with Gasteiger partial charge >= 0.3 is 0 Å². The highest BCUT2D eigenvalue weighted by Gasteiger charge is 2.11. The lowest BCUT2D eigenvalue weighted by molar-refractivity contribution is 0.0674. The lowest BCUT2D eigenvalue weighted by atomic mass is 10.4. The molecule has 0 radical (unpaired) electrons. The number of thioether (sulfide) groups is 1.